The van der Waals surface area contributed by atoms with Gasteiger partial charge in [0, 0.05) is 11.4 Å². The number of H-pyrrole nitrogens is 1. The quantitative estimate of drug-likeness (QED) is 0.108. The Morgan fingerprint density at radius 1 is 0.333 bits per heavy atom. The minimum atomic E-state index is 0.611. The van der Waals surface area contributed by atoms with Gasteiger partial charge in [0.1, 0.15) is 11.5 Å². The maximum atomic E-state index is 9.52. The number of aromatic amines is 1. The number of benzene rings is 9. The molecule has 11 aromatic rings. The van der Waals surface area contributed by atoms with E-state index in [9.17, 15) is 15.8 Å². The van der Waals surface area contributed by atoms with E-state index in [4.69, 9.17) is 9.68 Å². The van der Waals surface area contributed by atoms with E-state index in [1.807, 2.05) is 205 Å². The van der Waals surface area contributed by atoms with Crippen LogP contribution in [0.5, 0.6) is 0 Å². The summed E-state index contributed by atoms with van der Waals surface area (Å²) < 4.78 is 5.43. The first kappa shape index (κ1) is 66.0. The molecule has 0 amide bonds. The average Bonchev–Trinajstić information content (AvgIpc) is 1.59. The summed E-state index contributed by atoms with van der Waals surface area (Å²) in [5, 5.41) is 39.5. The van der Waals surface area contributed by atoms with Crippen molar-refractivity contribution in [3.05, 3.63) is 342 Å². The summed E-state index contributed by atoms with van der Waals surface area (Å²) in [6.45, 7) is 20.4. The molecule has 1 N–H and O–H groups in total. The topological polar surface area (TPSA) is 124 Å². The predicted octanol–water partition coefficient (Wildman–Crippen LogP) is 22.0. The average molecular weight is 1170 g/mol. The zero-order valence-corrected chi connectivity index (χ0v) is 53.1. The molecule has 2 heterocycles. The van der Waals surface area contributed by atoms with Crippen LogP contribution < -0.4 is 0 Å². The summed E-state index contributed by atoms with van der Waals surface area (Å²) in [6, 6.07) is 86.4. The molecule has 6 heteroatoms. The highest BCUT2D eigenvalue weighted by Gasteiger charge is 2.07. The lowest BCUT2D eigenvalue weighted by Crippen LogP contribution is -1.86. The standard InChI is InChI=1S/C21H17N.C17H15N.C16H16.C15H14N2.C15H13NO/c1-15-7-10-17(11-8-15)19(14-22)13-18-12-9-16(2)20-5-3-4-6-21(18)20;1-13-3-7-15(8-4-13)11-17(12-18)16-9-5-14(2)6-10-16;1-13-6-8-15(9-7-13)10-11-16-5-3-4-14(2)12-16;2*1-11-3-6-13(7-4-11)14(10-16)9-15-8-5-12(2)17-15/h3-13H,1-2H3;3-11H,1-2H3;3-12H,1-2H3;3-9,17H,1-2H3;3-9H,1-2H3/b19-13-;17-11+;;2*14-9+. The van der Waals surface area contributed by atoms with Gasteiger partial charge in [-0.1, -0.05) is 257 Å². The van der Waals surface area contributed by atoms with E-state index in [0.717, 1.165) is 50.5 Å². The van der Waals surface area contributed by atoms with E-state index in [0.29, 0.717) is 28.1 Å². The predicted molar refractivity (Wildman–Crippen MR) is 379 cm³/mol. The highest BCUT2D eigenvalue weighted by Crippen LogP contribution is 2.28. The Labute approximate surface area is 533 Å². The van der Waals surface area contributed by atoms with Crippen molar-refractivity contribution in [3.8, 4) is 24.3 Å². The zero-order valence-electron chi connectivity index (χ0n) is 53.1. The van der Waals surface area contributed by atoms with Gasteiger partial charge in [-0.25, -0.2) is 0 Å². The number of aryl methyl sites for hydroxylation is 10. The van der Waals surface area contributed by atoms with Gasteiger partial charge in [0.05, 0.1) is 46.6 Å². The van der Waals surface area contributed by atoms with Crippen LogP contribution in [0, 0.1) is 115 Å². The number of nitrogens with zero attached hydrogens (tertiary/aromatic N) is 4. The number of nitriles is 4. The molecule has 0 fully saturated rings. The number of aromatic nitrogens is 1. The van der Waals surface area contributed by atoms with Crippen LogP contribution in [0.4, 0.5) is 0 Å². The van der Waals surface area contributed by atoms with Crippen LogP contribution in [0.2, 0.25) is 0 Å². The van der Waals surface area contributed by atoms with Crippen molar-refractivity contribution >= 4 is 69.5 Å². The monoisotopic (exact) mass is 1170 g/mol. The summed E-state index contributed by atoms with van der Waals surface area (Å²) in [4.78, 5) is 3.19. The van der Waals surface area contributed by atoms with E-state index in [1.165, 1.54) is 66.4 Å². The summed E-state index contributed by atoms with van der Waals surface area (Å²) in [5.41, 5.74) is 23.0. The number of fused-ring (bicyclic) bond motifs is 1. The summed E-state index contributed by atoms with van der Waals surface area (Å²) in [6.07, 6.45) is 11.8. The van der Waals surface area contributed by atoms with Crippen molar-refractivity contribution in [3.63, 3.8) is 0 Å². The molecule has 0 aliphatic carbocycles. The number of hydrogen-bond acceptors (Lipinski definition) is 5. The molecule has 0 atom stereocenters. The molecular weight excluding hydrogens is 1090 g/mol. The Morgan fingerprint density at radius 3 is 1.19 bits per heavy atom. The smallest absolute Gasteiger partial charge is 0.128 e. The lowest BCUT2D eigenvalue weighted by atomic mass is 9.97. The Balaban J connectivity index is 0.000000161. The first-order valence-corrected chi connectivity index (χ1v) is 29.8. The summed E-state index contributed by atoms with van der Waals surface area (Å²) >= 11 is 0. The molecule has 0 aliphatic heterocycles. The van der Waals surface area contributed by atoms with Gasteiger partial charge in [-0.2, -0.15) is 21.0 Å². The maximum Gasteiger partial charge on any atom is 0.128 e. The van der Waals surface area contributed by atoms with Crippen molar-refractivity contribution in [2.75, 3.05) is 0 Å². The molecular formula is C84H75N5O. The fraction of sp³-hybridized carbons (Fsp3) is 0.119. The third-order valence-corrected chi connectivity index (χ3v) is 14.6. The van der Waals surface area contributed by atoms with Crippen molar-refractivity contribution in [2.24, 2.45) is 0 Å². The first-order chi connectivity index (χ1) is 43.5. The molecule has 0 aliphatic rings. The second-order valence-electron chi connectivity index (χ2n) is 22.3. The number of allylic oxidation sites excluding steroid dienone is 4. The van der Waals surface area contributed by atoms with E-state index >= 15 is 0 Å². The largest absolute Gasteiger partial charge is 0.462 e. The van der Waals surface area contributed by atoms with Crippen LogP contribution in [0.25, 0.3) is 69.5 Å². The van der Waals surface area contributed by atoms with Crippen LogP contribution >= 0.6 is 0 Å². The number of rotatable bonds is 10. The Hall–Kier alpha value is -11.5. The highest BCUT2D eigenvalue weighted by molar-refractivity contribution is 5.99. The van der Waals surface area contributed by atoms with E-state index in [2.05, 4.69) is 154 Å². The second-order valence-corrected chi connectivity index (χ2v) is 22.3. The van der Waals surface area contributed by atoms with Gasteiger partial charge < -0.3 is 9.40 Å². The van der Waals surface area contributed by atoms with Gasteiger partial charge >= 0.3 is 0 Å². The lowest BCUT2D eigenvalue weighted by molar-refractivity contribution is 0.525. The Morgan fingerprint density at radius 2 is 0.756 bits per heavy atom. The molecule has 0 saturated heterocycles. The van der Waals surface area contributed by atoms with E-state index in [-0.39, 0.29) is 0 Å². The van der Waals surface area contributed by atoms with Crippen molar-refractivity contribution in [2.45, 2.75) is 69.2 Å². The van der Waals surface area contributed by atoms with E-state index < -0.39 is 0 Å². The number of hydrogen-bond donors (Lipinski definition) is 1. The molecule has 0 radical (unpaired) electrons. The maximum absolute atomic E-state index is 9.52. The van der Waals surface area contributed by atoms with Gasteiger partial charge in [-0.15, -0.1) is 0 Å². The van der Waals surface area contributed by atoms with Crippen LogP contribution in [0.15, 0.2) is 235 Å². The normalized spacial score (nSPS) is 11.2. The molecule has 9 aromatic carbocycles. The van der Waals surface area contributed by atoms with Gasteiger partial charge in [-0.05, 0) is 179 Å². The van der Waals surface area contributed by atoms with Gasteiger partial charge in [0.2, 0.25) is 0 Å². The minimum absolute atomic E-state index is 0.611. The molecule has 0 saturated carbocycles. The molecule has 0 unspecified atom stereocenters. The van der Waals surface area contributed by atoms with Crippen LogP contribution in [-0.4, -0.2) is 4.98 Å². The second kappa shape index (κ2) is 33.4. The first-order valence-electron chi connectivity index (χ1n) is 29.8. The molecule has 90 heavy (non-hydrogen) atoms. The third-order valence-electron chi connectivity index (χ3n) is 14.6. The number of nitrogens with one attached hydrogen (secondary N) is 1. The Bertz CT molecular complexity index is 4390. The Kier molecular flexibility index (Phi) is 24.5. The summed E-state index contributed by atoms with van der Waals surface area (Å²) in [7, 11) is 0. The van der Waals surface area contributed by atoms with Gasteiger partial charge in [0.25, 0.3) is 0 Å². The van der Waals surface area contributed by atoms with Crippen molar-refractivity contribution in [1.82, 2.24) is 4.98 Å². The zero-order chi connectivity index (χ0) is 64.4. The van der Waals surface area contributed by atoms with Crippen LogP contribution in [-0.2, 0) is 0 Å². The molecule has 2 aromatic heterocycles. The fourth-order valence-corrected chi connectivity index (χ4v) is 9.32. The third kappa shape index (κ3) is 20.6. The van der Waals surface area contributed by atoms with Gasteiger partial charge in [-0.3, -0.25) is 0 Å². The molecule has 11 rings (SSSR count). The summed E-state index contributed by atoms with van der Waals surface area (Å²) in [5.74, 6) is 1.55. The molecule has 0 bridgehead atoms. The van der Waals surface area contributed by atoms with Crippen molar-refractivity contribution in [1.29, 1.82) is 21.0 Å². The molecule has 6 nitrogen and oxygen atoms in total. The number of furan rings is 1. The van der Waals surface area contributed by atoms with Crippen LogP contribution in [0.1, 0.15) is 112 Å². The van der Waals surface area contributed by atoms with Gasteiger partial charge in [0.15, 0.2) is 0 Å². The SMILES string of the molecule is Cc1ccc(/C(C#N)=C/c2ccc(C)[nH]2)cc1.Cc1ccc(/C(C#N)=C/c2ccc(C)o2)cc1.Cc1ccc(/C(C#N)=C\c2ccc(C)c3ccccc23)cc1.Cc1ccc(/C=C(\C#N)c2ccc(C)cc2)cc1.Cc1ccc(C=Cc2cccc(C)c2)cc1. The lowest BCUT2D eigenvalue weighted by Gasteiger charge is -2.07. The van der Waals surface area contributed by atoms with Crippen LogP contribution in [0.3, 0.4) is 0 Å². The molecule has 442 valence electrons. The molecule has 0 spiro atoms. The van der Waals surface area contributed by atoms with Crippen molar-refractivity contribution < 1.29 is 4.42 Å². The minimum Gasteiger partial charge on any atom is -0.462 e. The fourth-order valence-electron chi connectivity index (χ4n) is 9.32. The van der Waals surface area contributed by atoms with E-state index in [1.54, 1.807) is 6.08 Å². The highest BCUT2D eigenvalue weighted by atomic mass is 16.3.